The molecule has 13 heavy (non-hydrogen) atoms. The van der Waals surface area contributed by atoms with E-state index in [1.807, 2.05) is 0 Å². The molecule has 3 N–H and O–H groups in total. The Bertz CT molecular complexity index is 241. The zero-order valence-electron chi connectivity index (χ0n) is 6.93. The Morgan fingerprint density at radius 2 is 2.08 bits per heavy atom. The van der Waals surface area contributed by atoms with Gasteiger partial charge in [0.1, 0.15) is 6.61 Å². The first-order chi connectivity index (χ1) is 6.05. The van der Waals surface area contributed by atoms with E-state index in [0.717, 1.165) is 0 Å². The molecule has 74 valence electrons. The highest BCUT2D eigenvalue weighted by Crippen LogP contribution is 2.28. The highest BCUT2D eigenvalue weighted by atomic mass is 16.5. The average molecular weight is 189 g/mol. The molecule has 1 unspecified atom stereocenters. The maximum absolute atomic E-state index is 11.2. The van der Waals surface area contributed by atoms with Crippen molar-refractivity contribution < 1.29 is 25.0 Å². The third-order valence-electron chi connectivity index (χ3n) is 2.31. The zero-order chi connectivity index (χ0) is 10.1. The van der Waals surface area contributed by atoms with Crippen molar-refractivity contribution in [3.63, 3.8) is 0 Å². The van der Waals surface area contributed by atoms with Crippen LogP contribution in [0.2, 0.25) is 0 Å². The fraction of sp³-hybridized carbons (Fsp3) is 0.714. The number of rotatable bonds is 3. The summed E-state index contributed by atoms with van der Waals surface area (Å²) in [5.74, 6) is -2.29. The van der Waals surface area contributed by atoms with Crippen LogP contribution in [0.15, 0.2) is 0 Å². The number of carboxylic acids is 1. The SMILES string of the molecule is O=C(O)C1(C(=O)CO)CCCN1O. The number of hydroxylamine groups is 2. The van der Waals surface area contributed by atoms with Gasteiger partial charge in [-0.3, -0.25) is 4.79 Å². The number of nitrogens with zero attached hydrogens (tertiary/aromatic N) is 1. The topological polar surface area (TPSA) is 98.1 Å². The minimum absolute atomic E-state index is 0.0399. The van der Waals surface area contributed by atoms with Crippen LogP contribution in [0.4, 0.5) is 0 Å². The predicted molar refractivity (Wildman–Crippen MR) is 40.2 cm³/mol. The van der Waals surface area contributed by atoms with Crippen LogP contribution in [-0.4, -0.2) is 50.9 Å². The number of hydrogen-bond donors (Lipinski definition) is 3. The highest BCUT2D eigenvalue weighted by Gasteiger charge is 2.53. The van der Waals surface area contributed by atoms with E-state index in [4.69, 9.17) is 10.2 Å². The van der Waals surface area contributed by atoms with Crippen molar-refractivity contribution in [1.82, 2.24) is 5.06 Å². The number of Topliss-reactive ketones (excluding diaryl/α,β-unsaturated/α-hetero) is 1. The van der Waals surface area contributed by atoms with Gasteiger partial charge >= 0.3 is 5.97 Å². The van der Waals surface area contributed by atoms with E-state index in [-0.39, 0.29) is 13.0 Å². The van der Waals surface area contributed by atoms with Gasteiger partial charge in [0.25, 0.3) is 0 Å². The Balaban J connectivity index is 3.00. The molecule has 0 saturated carbocycles. The average Bonchev–Trinajstić information content (AvgIpc) is 2.47. The standard InChI is InChI=1S/C7H11NO5/c9-4-5(10)7(6(11)12)2-1-3-8(7)13/h9,13H,1-4H2,(H,11,12). The number of aliphatic carboxylic acids is 1. The van der Waals surface area contributed by atoms with Crippen molar-refractivity contribution in [2.45, 2.75) is 18.4 Å². The van der Waals surface area contributed by atoms with Crippen molar-refractivity contribution in [2.75, 3.05) is 13.2 Å². The molecule has 0 amide bonds. The van der Waals surface area contributed by atoms with Crippen molar-refractivity contribution in [3.8, 4) is 0 Å². The number of carboxylic acid groups (broad SMARTS) is 1. The summed E-state index contributed by atoms with van der Waals surface area (Å²) in [6.07, 6.45) is 0.465. The van der Waals surface area contributed by atoms with Gasteiger partial charge in [-0.15, -0.1) is 0 Å². The summed E-state index contributed by atoms with van der Waals surface area (Å²) in [5, 5.41) is 27.1. The minimum Gasteiger partial charge on any atom is -0.479 e. The normalized spacial score (nSPS) is 29.1. The van der Waals surface area contributed by atoms with Gasteiger partial charge in [-0.05, 0) is 12.8 Å². The van der Waals surface area contributed by atoms with Crippen LogP contribution in [-0.2, 0) is 9.59 Å². The Morgan fingerprint density at radius 1 is 1.46 bits per heavy atom. The molecule has 1 fully saturated rings. The molecule has 6 nitrogen and oxygen atoms in total. The molecular weight excluding hydrogens is 178 g/mol. The second-order valence-corrected chi connectivity index (χ2v) is 2.97. The molecule has 1 aliphatic rings. The van der Waals surface area contributed by atoms with E-state index in [0.29, 0.717) is 11.5 Å². The lowest BCUT2D eigenvalue weighted by molar-refractivity contribution is -0.188. The first kappa shape index (κ1) is 10.1. The lowest BCUT2D eigenvalue weighted by Gasteiger charge is -2.27. The molecule has 1 aliphatic heterocycles. The summed E-state index contributed by atoms with van der Waals surface area (Å²) in [5.41, 5.74) is -1.92. The van der Waals surface area contributed by atoms with Crippen LogP contribution < -0.4 is 0 Å². The molecular formula is C7H11NO5. The summed E-state index contributed by atoms with van der Waals surface area (Å²) in [4.78, 5) is 22.0. The molecule has 6 heteroatoms. The molecule has 1 heterocycles. The molecule has 1 rings (SSSR count). The van der Waals surface area contributed by atoms with Gasteiger partial charge in [-0.25, -0.2) is 4.79 Å². The second-order valence-electron chi connectivity index (χ2n) is 2.97. The van der Waals surface area contributed by atoms with Gasteiger partial charge in [0.2, 0.25) is 5.54 Å². The van der Waals surface area contributed by atoms with Crippen LogP contribution in [0.25, 0.3) is 0 Å². The van der Waals surface area contributed by atoms with Crippen molar-refractivity contribution >= 4 is 11.8 Å². The first-order valence-electron chi connectivity index (χ1n) is 3.90. The molecule has 0 aliphatic carbocycles. The molecule has 0 radical (unpaired) electrons. The Morgan fingerprint density at radius 3 is 2.38 bits per heavy atom. The van der Waals surface area contributed by atoms with Crippen molar-refractivity contribution in [3.05, 3.63) is 0 Å². The van der Waals surface area contributed by atoms with Crippen LogP contribution in [0.3, 0.4) is 0 Å². The van der Waals surface area contributed by atoms with E-state index in [1.165, 1.54) is 0 Å². The smallest absolute Gasteiger partial charge is 0.334 e. The molecule has 0 bridgehead atoms. The maximum atomic E-state index is 11.2. The minimum atomic E-state index is -1.92. The third kappa shape index (κ3) is 1.32. The van der Waals surface area contributed by atoms with Crippen molar-refractivity contribution in [1.29, 1.82) is 0 Å². The van der Waals surface area contributed by atoms with E-state index in [1.54, 1.807) is 0 Å². The van der Waals surface area contributed by atoms with Gasteiger partial charge in [-0.2, -0.15) is 5.06 Å². The Labute approximate surface area is 74.3 Å². The first-order valence-corrected chi connectivity index (χ1v) is 3.90. The quantitative estimate of drug-likeness (QED) is 0.485. The van der Waals surface area contributed by atoms with Crippen molar-refractivity contribution in [2.24, 2.45) is 0 Å². The van der Waals surface area contributed by atoms with Gasteiger partial charge in [0.15, 0.2) is 5.78 Å². The molecule has 0 spiro atoms. The zero-order valence-corrected chi connectivity index (χ0v) is 6.93. The molecule has 0 aromatic carbocycles. The Hall–Kier alpha value is -0.980. The molecule has 0 aromatic heterocycles. The summed E-state index contributed by atoms with van der Waals surface area (Å²) in [6, 6.07) is 0. The van der Waals surface area contributed by atoms with Crippen LogP contribution in [0.1, 0.15) is 12.8 Å². The lowest BCUT2D eigenvalue weighted by Crippen LogP contribution is -2.56. The van der Waals surface area contributed by atoms with E-state index < -0.39 is 23.9 Å². The highest BCUT2D eigenvalue weighted by molar-refractivity contribution is 6.08. The number of ketones is 1. The monoisotopic (exact) mass is 189 g/mol. The fourth-order valence-corrected chi connectivity index (χ4v) is 1.56. The second kappa shape index (κ2) is 3.41. The molecule has 1 atom stereocenters. The number of carbonyl (C=O) groups excluding carboxylic acids is 1. The number of hydrogen-bond acceptors (Lipinski definition) is 5. The summed E-state index contributed by atoms with van der Waals surface area (Å²) in [7, 11) is 0. The fourth-order valence-electron chi connectivity index (χ4n) is 1.56. The summed E-state index contributed by atoms with van der Waals surface area (Å²) >= 11 is 0. The van der Waals surface area contributed by atoms with Gasteiger partial charge < -0.3 is 15.4 Å². The predicted octanol–water partition coefficient (Wildman–Crippen LogP) is -1.14. The van der Waals surface area contributed by atoms with Gasteiger partial charge in [0.05, 0.1) is 0 Å². The van der Waals surface area contributed by atoms with Gasteiger partial charge in [-0.1, -0.05) is 0 Å². The molecule has 1 saturated heterocycles. The van der Waals surface area contributed by atoms with Crippen LogP contribution in [0.5, 0.6) is 0 Å². The number of aliphatic hydroxyl groups is 1. The van der Waals surface area contributed by atoms with Gasteiger partial charge in [0, 0.05) is 6.54 Å². The largest absolute Gasteiger partial charge is 0.479 e. The summed E-state index contributed by atoms with van der Waals surface area (Å²) < 4.78 is 0. The van der Waals surface area contributed by atoms with E-state index in [2.05, 4.69) is 0 Å². The Kier molecular flexibility index (Phi) is 2.65. The molecule has 0 aromatic rings. The van der Waals surface area contributed by atoms with Crippen LogP contribution >= 0.6 is 0 Å². The summed E-state index contributed by atoms with van der Waals surface area (Å²) in [6.45, 7) is -0.735. The van der Waals surface area contributed by atoms with E-state index >= 15 is 0 Å². The lowest BCUT2D eigenvalue weighted by atomic mass is 9.92. The third-order valence-corrected chi connectivity index (χ3v) is 2.31. The maximum Gasteiger partial charge on any atom is 0.334 e. The van der Waals surface area contributed by atoms with Crippen LogP contribution in [0, 0.1) is 0 Å². The number of aliphatic hydroxyl groups excluding tert-OH is 1. The van der Waals surface area contributed by atoms with E-state index in [9.17, 15) is 14.8 Å². The number of carbonyl (C=O) groups is 2.